The summed E-state index contributed by atoms with van der Waals surface area (Å²) in [5, 5.41) is 3.64. The Kier molecular flexibility index (Phi) is 9.76. The molecule has 0 aromatic rings. The molecule has 18 heavy (non-hydrogen) atoms. The second-order valence-electron chi connectivity index (χ2n) is 6.94. The Hall–Kier alpha value is -0.0800. The fraction of sp³-hybridized carbons (Fsp3) is 1.00. The van der Waals surface area contributed by atoms with Gasteiger partial charge in [0.15, 0.2) is 0 Å². The Morgan fingerprint density at radius 3 is 2.11 bits per heavy atom. The maximum Gasteiger partial charge on any atom is -0.000814 e. The van der Waals surface area contributed by atoms with E-state index in [1.54, 1.807) is 0 Å². The molecule has 0 spiro atoms. The zero-order valence-electron chi connectivity index (χ0n) is 13.4. The maximum absolute atomic E-state index is 5.87. The van der Waals surface area contributed by atoms with Gasteiger partial charge < -0.3 is 11.1 Å². The van der Waals surface area contributed by atoms with Gasteiger partial charge in [-0.3, -0.25) is 0 Å². The second kappa shape index (κ2) is 9.80. The average molecular weight is 256 g/mol. The van der Waals surface area contributed by atoms with Crippen molar-refractivity contribution in [2.45, 2.75) is 66.7 Å². The Balaban J connectivity index is 3.83. The Morgan fingerprint density at radius 1 is 1.06 bits per heavy atom. The predicted molar refractivity (Wildman–Crippen MR) is 82.8 cm³/mol. The smallest absolute Gasteiger partial charge is 0.000814 e. The molecule has 110 valence electrons. The molecule has 2 heteroatoms. The van der Waals surface area contributed by atoms with Crippen LogP contribution < -0.4 is 11.1 Å². The van der Waals surface area contributed by atoms with Crippen LogP contribution in [-0.2, 0) is 0 Å². The van der Waals surface area contributed by atoms with Gasteiger partial charge in [-0.15, -0.1) is 0 Å². The molecule has 0 radical (unpaired) electrons. The predicted octanol–water partition coefficient (Wildman–Crippen LogP) is 3.80. The zero-order valence-corrected chi connectivity index (χ0v) is 13.4. The normalized spacial score (nSPS) is 15.7. The van der Waals surface area contributed by atoms with Crippen molar-refractivity contribution < 1.29 is 0 Å². The van der Waals surface area contributed by atoms with Gasteiger partial charge in [-0.1, -0.05) is 53.9 Å². The molecule has 0 aromatic carbocycles. The lowest BCUT2D eigenvalue weighted by Crippen LogP contribution is -2.33. The molecule has 0 saturated carbocycles. The summed E-state index contributed by atoms with van der Waals surface area (Å²) in [5.41, 5.74) is 6.26. The van der Waals surface area contributed by atoms with Crippen LogP contribution in [0.5, 0.6) is 0 Å². The number of unbranched alkanes of at least 4 members (excludes halogenated alkanes) is 1. The lowest BCUT2D eigenvalue weighted by molar-refractivity contribution is 0.284. The van der Waals surface area contributed by atoms with Gasteiger partial charge in [0.05, 0.1) is 0 Å². The van der Waals surface area contributed by atoms with E-state index in [4.69, 9.17) is 5.73 Å². The summed E-state index contributed by atoms with van der Waals surface area (Å²) < 4.78 is 0. The van der Waals surface area contributed by atoms with Gasteiger partial charge in [-0.2, -0.15) is 0 Å². The minimum atomic E-state index is 0.387. The molecule has 0 aliphatic rings. The highest BCUT2D eigenvalue weighted by Gasteiger charge is 2.17. The van der Waals surface area contributed by atoms with Gasteiger partial charge in [0, 0.05) is 0 Å². The molecule has 2 nitrogen and oxygen atoms in total. The van der Waals surface area contributed by atoms with Crippen LogP contribution in [0.1, 0.15) is 66.7 Å². The zero-order chi connectivity index (χ0) is 14.0. The molecule has 0 heterocycles. The number of hydrogen-bond donors (Lipinski definition) is 2. The van der Waals surface area contributed by atoms with E-state index in [1.807, 2.05) is 0 Å². The Bertz CT molecular complexity index is 184. The molecule has 3 N–H and O–H groups in total. The van der Waals surface area contributed by atoms with Gasteiger partial charge in [-0.05, 0) is 49.7 Å². The summed E-state index contributed by atoms with van der Waals surface area (Å²) in [6, 6.07) is 0. The monoisotopic (exact) mass is 256 g/mol. The highest BCUT2D eigenvalue weighted by atomic mass is 14.9. The van der Waals surface area contributed by atoms with Gasteiger partial charge in [-0.25, -0.2) is 0 Å². The highest BCUT2D eigenvalue weighted by Crippen LogP contribution is 2.23. The van der Waals surface area contributed by atoms with Crippen molar-refractivity contribution in [3.63, 3.8) is 0 Å². The van der Waals surface area contributed by atoms with E-state index in [1.165, 1.54) is 32.1 Å². The lowest BCUT2D eigenvalue weighted by Gasteiger charge is -2.26. The summed E-state index contributed by atoms with van der Waals surface area (Å²) in [6.07, 6.45) is 6.54. The molecule has 0 fully saturated rings. The third kappa shape index (κ3) is 9.90. The van der Waals surface area contributed by atoms with Crippen LogP contribution in [0.25, 0.3) is 0 Å². The number of nitrogens with two attached hydrogens (primary N) is 1. The van der Waals surface area contributed by atoms with Crippen LogP contribution in [0.4, 0.5) is 0 Å². The van der Waals surface area contributed by atoms with Gasteiger partial charge in [0.25, 0.3) is 0 Å². The van der Waals surface area contributed by atoms with Crippen LogP contribution in [0.2, 0.25) is 0 Å². The lowest BCUT2D eigenvalue weighted by atomic mass is 9.84. The fourth-order valence-electron chi connectivity index (χ4n) is 2.54. The van der Waals surface area contributed by atoms with Crippen molar-refractivity contribution in [3.8, 4) is 0 Å². The molecule has 0 rings (SSSR count). The van der Waals surface area contributed by atoms with Crippen LogP contribution >= 0.6 is 0 Å². The van der Waals surface area contributed by atoms with E-state index in [-0.39, 0.29) is 0 Å². The van der Waals surface area contributed by atoms with E-state index in [2.05, 4.69) is 39.9 Å². The number of nitrogens with one attached hydrogen (secondary N) is 1. The third-order valence-electron chi connectivity index (χ3n) is 3.64. The molecule has 0 bridgehead atoms. The molecular formula is C16H36N2. The summed E-state index contributed by atoms with van der Waals surface area (Å²) in [4.78, 5) is 0. The second-order valence-corrected chi connectivity index (χ2v) is 6.94. The summed E-state index contributed by atoms with van der Waals surface area (Å²) >= 11 is 0. The first kappa shape index (κ1) is 17.9. The largest absolute Gasteiger partial charge is 0.330 e. The average Bonchev–Trinajstić information content (AvgIpc) is 2.30. The molecule has 0 amide bonds. The van der Waals surface area contributed by atoms with Crippen molar-refractivity contribution >= 4 is 0 Å². The summed E-state index contributed by atoms with van der Waals surface area (Å²) in [7, 11) is 0. The van der Waals surface area contributed by atoms with Crippen molar-refractivity contribution in [3.05, 3.63) is 0 Å². The first-order valence-corrected chi connectivity index (χ1v) is 7.83. The van der Waals surface area contributed by atoms with E-state index < -0.39 is 0 Å². The van der Waals surface area contributed by atoms with Crippen molar-refractivity contribution in [1.29, 1.82) is 0 Å². The summed E-state index contributed by atoms with van der Waals surface area (Å²) in [5.74, 6) is 1.46. The number of hydrogen-bond acceptors (Lipinski definition) is 2. The van der Waals surface area contributed by atoms with Crippen LogP contribution in [0.15, 0.2) is 0 Å². The maximum atomic E-state index is 5.87. The minimum absolute atomic E-state index is 0.387. The van der Waals surface area contributed by atoms with Crippen LogP contribution in [-0.4, -0.2) is 19.6 Å². The third-order valence-corrected chi connectivity index (χ3v) is 3.64. The van der Waals surface area contributed by atoms with Crippen molar-refractivity contribution in [1.82, 2.24) is 5.32 Å². The first-order valence-electron chi connectivity index (χ1n) is 7.83. The quantitative estimate of drug-likeness (QED) is 0.624. The van der Waals surface area contributed by atoms with Crippen LogP contribution in [0, 0.1) is 17.3 Å². The van der Waals surface area contributed by atoms with Crippen molar-refractivity contribution in [2.24, 2.45) is 23.0 Å². The van der Waals surface area contributed by atoms with Gasteiger partial charge >= 0.3 is 0 Å². The van der Waals surface area contributed by atoms with Crippen LogP contribution in [0.3, 0.4) is 0 Å². The first-order chi connectivity index (χ1) is 8.42. The van der Waals surface area contributed by atoms with Gasteiger partial charge in [0.2, 0.25) is 0 Å². The molecule has 0 aliphatic heterocycles. The highest BCUT2D eigenvalue weighted by molar-refractivity contribution is 4.72. The topological polar surface area (TPSA) is 38.0 Å². The molecule has 0 saturated heterocycles. The molecule has 0 aliphatic carbocycles. The molecular weight excluding hydrogens is 220 g/mol. The standard InChI is InChI=1S/C16H36N2/c1-6-8-9-14(7-2)12-18-13-15(11-17)10-16(3,4)5/h14-15,18H,6-13,17H2,1-5H3. The minimum Gasteiger partial charge on any atom is -0.330 e. The SMILES string of the molecule is CCCCC(CC)CNCC(CN)CC(C)(C)C. The summed E-state index contributed by atoms with van der Waals surface area (Å²) in [6.45, 7) is 14.5. The van der Waals surface area contributed by atoms with Gasteiger partial charge in [0.1, 0.15) is 0 Å². The molecule has 2 atom stereocenters. The Labute approximate surface area is 115 Å². The van der Waals surface area contributed by atoms with E-state index in [9.17, 15) is 0 Å². The fourth-order valence-corrected chi connectivity index (χ4v) is 2.54. The van der Waals surface area contributed by atoms with Crippen molar-refractivity contribution in [2.75, 3.05) is 19.6 Å². The molecule has 2 unspecified atom stereocenters. The molecule has 0 aromatic heterocycles. The van der Waals surface area contributed by atoms with E-state index >= 15 is 0 Å². The number of rotatable bonds is 10. The van der Waals surface area contributed by atoms with E-state index in [0.29, 0.717) is 11.3 Å². The Morgan fingerprint density at radius 2 is 1.67 bits per heavy atom. The van der Waals surface area contributed by atoms with E-state index in [0.717, 1.165) is 25.6 Å².